The second-order valence-corrected chi connectivity index (χ2v) is 7.47. The van der Waals surface area contributed by atoms with Gasteiger partial charge < -0.3 is 41.9 Å². The van der Waals surface area contributed by atoms with Gasteiger partial charge in [-0.15, -0.1) is 0 Å². The van der Waals surface area contributed by atoms with Gasteiger partial charge in [0, 0.05) is 0 Å². The van der Waals surface area contributed by atoms with Crippen LogP contribution >= 0.6 is 7.82 Å². The third-order valence-electron chi connectivity index (χ3n) is 3.36. The van der Waals surface area contributed by atoms with Crippen molar-refractivity contribution in [2.45, 2.75) is 25.9 Å². The van der Waals surface area contributed by atoms with E-state index < -0.39 is 81.7 Å². The number of carboxylic acid groups (broad SMARTS) is 1. The molecule has 172 valence electrons. The van der Waals surface area contributed by atoms with Crippen LogP contribution in [0.25, 0.3) is 0 Å². The normalized spacial score (nSPS) is 13.1. The Labute approximate surface area is 171 Å². The van der Waals surface area contributed by atoms with Crippen LogP contribution in [0.2, 0.25) is 0 Å². The Morgan fingerprint density at radius 3 is 2.00 bits per heavy atom. The standard InChI is InChI=1S/C14H26N5O10P/c1-7(2)12(14(24)25)19-11(22)5-16-10(21)4-17-13(23)8(18-9(20)3-15)6-29-30(26,27)28/h7-8,12H,3-6,15H2,1-2H3,(H,16,21)(H,17,23)(H,18,20)(H,19,22)(H,24,25)(H2,26,27,28)/t8-,12-/m0/s1. The summed E-state index contributed by atoms with van der Waals surface area (Å²) in [5, 5.41) is 17.5. The largest absolute Gasteiger partial charge is 0.480 e. The van der Waals surface area contributed by atoms with Crippen molar-refractivity contribution >= 4 is 37.4 Å². The summed E-state index contributed by atoms with van der Waals surface area (Å²) in [6.45, 7) is 0.566. The number of phosphoric ester groups is 1. The summed E-state index contributed by atoms with van der Waals surface area (Å²) in [4.78, 5) is 75.2. The minimum atomic E-state index is -4.93. The van der Waals surface area contributed by atoms with E-state index in [4.69, 9.17) is 20.6 Å². The zero-order valence-electron chi connectivity index (χ0n) is 16.3. The highest BCUT2D eigenvalue weighted by atomic mass is 31.2. The number of hydrogen-bond donors (Lipinski definition) is 8. The van der Waals surface area contributed by atoms with Gasteiger partial charge in [-0.05, 0) is 5.92 Å². The summed E-state index contributed by atoms with van der Waals surface area (Å²) >= 11 is 0. The Morgan fingerprint density at radius 1 is 0.967 bits per heavy atom. The molecule has 0 heterocycles. The van der Waals surface area contributed by atoms with Crippen LogP contribution in [-0.2, 0) is 33.1 Å². The molecule has 0 aliphatic rings. The molecule has 0 aromatic rings. The third-order valence-corrected chi connectivity index (χ3v) is 3.85. The zero-order valence-corrected chi connectivity index (χ0v) is 17.2. The van der Waals surface area contributed by atoms with E-state index in [9.17, 15) is 28.5 Å². The van der Waals surface area contributed by atoms with Gasteiger partial charge >= 0.3 is 13.8 Å². The van der Waals surface area contributed by atoms with Crippen LogP contribution in [0.15, 0.2) is 0 Å². The Bertz CT molecular complexity index is 695. The Morgan fingerprint density at radius 2 is 1.53 bits per heavy atom. The fraction of sp³-hybridized carbons (Fsp3) is 0.643. The maximum Gasteiger partial charge on any atom is 0.469 e. The lowest BCUT2D eigenvalue weighted by Crippen LogP contribution is -2.53. The van der Waals surface area contributed by atoms with Crippen molar-refractivity contribution in [3.05, 3.63) is 0 Å². The first-order chi connectivity index (χ1) is 13.8. The van der Waals surface area contributed by atoms with E-state index in [2.05, 4.69) is 25.8 Å². The molecule has 15 nitrogen and oxygen atoms in total. The first-order valence-electron chi connectivity index (χ1n) is 8.53. The summed E-state index contributed by atoms with van der Waals surface area (Å²) in [6, 6.07) is -2.69. The number of carboxylic acids is 1. The highest BCUT2D eigenvalue weighted by molar-refractivity contribution is 7.46. The lowest BCUT2D eigenvalue weighted by Gasteiger charge is -2.19. The van der Waals surface area contributed by atoms with Crippen LogP contribution in [0.3, 0.4) is 0 Å². The fourth-order valence-electron chi connectivity index (χ4n) is 1.88. The third kappa shape index (κ3) is 12.1. The van der Waals surface area contributed by atoms with Crippen LogP contribution in [0, 0.1) is 5.92 Å². The molecule has 0 aromatic carbocycles. The molecule has 4 amide bonds. The topological polar surface area (TPSA) is 246 Å². The molecule has 2 atom stereocenters. The van der Waals surface area contributed by atoms with Gasteiger partial charge in [0.25, 0.3) is 0 Å². The van der Waals surface area contributed by atoms with Gasteiger partial charge in [0.05, 0.1) is 26.2 Å². The lowest BCUT2D eigenvalue weighted by molar-refractivity contribution is -0.143. The molecule has 0 fully saturated rings. The smallest absolute Gasteiger partial charge is 0.469 e. The molecule has 0 aromatic heterocycles. The number of hydrogen-bond acceptors (Lipinski definition) is 8. The highest BCUT2D eigenvalue weighted by Crippen LogP contribution is 2.35. The van der Waals surface area contributed by atoms with E-state index in [1.807, 2.05) is 0 Å². The number of phosphoric acid groups is 1. The maximum absolute atomic E-state index is 12.0. The SMILES string of the molecule is CC(C)[C@H](NC(=O)CNC(=O)CNC(=O)[C@H](COP(=O)(O)O)NC(=O)CN)C(=O)O. The molecule has 9 N–H and O–H groups in total. The molecule has 0 saturated heterocycles. The number of aliphatic carboxylic acids is 1. The molecule has 30 heavy (non-hydrogen) atoms. The predicted molar refractivity (Wildman–Crippen MR) is 99.4 cm³/mol. The van der Waals surface area contributed by atoms with Crippen molar-refractivity contribution in [3.63, 3.8) is 0 Å². The molecule has 0 radical (unpaired) electrons. The molecule has 0 saturated carbocycles. The Kier molecular flexibility index (Phi) is 11.8. The monoisotopic (exact) mass is 455 g/mol. The number of carbonyl (C=O) groups is 5. The van der Waals surface area contributed by atoms with E-state index in [1.165, 1.54) is 0 Å². The van der Waals surface area contributed by atoms with Gasteiger partial charge in [-0.25, -0.2) is 9.36 Å². The molecule has 0 bridgehead atoms. The molecule has 0 aliphatic carbocycles. The van der Waals surface area contributed by atoms with Crippen LogP contribution < -0.4 is 27.0 Å². The first kappa shape index (κ1) is 27.4. The molecular weight excluding hydrogens is 429 g/mol. The van der Waals surface area contributed by atoms with E-state index in [0.717, 1.165) is 0 Å². The van der Waals surface area contributed by atoms with Crippen molar-refractivity contribution < 1.29 is 48.0 Å². The average Bonchev–Trinajstić information content (AvgIpc) is 2.64. The van der Waals surface area contributed by atoms with E-state index in [1.54, 1.807) is 13.8 Å². The summed E-state index contributed by atoms with van der Waals surface area (Å²) in [6.07, 6.45) is 0. The predicted octanol–water partition coefficient (Wildman–Crippen LogP) is -4.00. The van der Waals surface area contributed by atoms with Crippen LogP contribution in [0.4, 0.5) is 0 Å². The average molecular weight is 455 g/mol. The van der Waals surface area contributed by atoms with E-state index in [0.29, 0.717) is 0 Å². The number of amides is 4. The fourth-order valence-corrected chi connectivity index (χ4v) is 2.22. The second-order valence-electron chi connectivity index (χ2n) is 6.23. The molecule has 0 rings (SSSR count). The summed E-state index contributed by atoms with van der Waals surface area (Å²) in [5.74, 6) is -5.04. The van der Waals surface area contributed by atoms with Crippen LogP contribution in [0.5, 0.6) is 0 Å². The zero-order chi connectivity index (χ0) is 23.5. The second kappa shape index (κ2) is 12.9. The van der Waals surface area contributed by atoms with Gasteiger partial charge in [0.2, 0.25) is 23.6 Å². The van der Waals surface area contributed by atoms with Gasteiger partial charge in [-0.3, -0.25) is 23.7 Å². The molecule has 0 unspecified atom stereocenters. The van der Waals surface area contributed by atoms with Crippen molar-refractivity contribution in [3.8, 4) is 0 Å². The number of carbonyl (C=O) groups excluding carboxylic acids is 4. The summed E-state index contributed by atoms with van der Waals surface area (Å²) in [7, 11) is -4.93. The number of nitrogens with two attached hydrogens (primary N) is 1. The quantitative estimate of drug-likeness (QED) is 0.124. The van der Waals surface area contributed by atoms with Crippen LogP contribution in [-0.4, -0.2) is 82.8 Å². The highest BCUT2D eigenvalue weighted by Gasteiger charge is 2.26. The van der Waals surface area contributed by atoms with E-state index >= 15 is 0 Å². The first-order valence-corrected chi connectivity index (χ1v) is 10.1. The summed E-state index contributed by atoms with van der Waals surface area (Å²) < 4.78 is 14.9. The van der Waals surface area contributed by atoms with Gasteiger partial charge in [0.15, 0.2) is 0 Å². The van der Waals surface area contributed by atoms with Gasteiger partial charge in [0.1, 0.15) is 12.1 Å². The molecule has 0 aliphatic heterocycles. The van der Waals surface area contributed by atoms with Gasteiger partial charge in [-0.1, -0.05) is 13.8 Å². The lowest BCUT2D eigenvalue weighted by atomic mass is 10.1. The van der Waals surface area contributed by atoms with Crippen molar-refractivity contribution in [2.75, 3.05) is 26.2 Å². The molecular formula is C14H26N5O10P. The Hall–Kier alpha value is -2.58. The van der Waals surface area contributed by atoms with Crippen LogP contribution in [0.1, 0.15) is 13.8 Å². The number of nitrogens with one attached hydrogen (secondary N) is 4. The molecule has 0 spiro atoms. The number of rotatable bonds is 13. The van der Waals surface area contributed by atoms with Crippen molar-refractivity contribution in [1.29, 1.82) is 0 Å². The van der Waals surface area contributed by atoms with E-state index in [-0.39, 0.29) is 0 Å². The van der Waals surface area contributed by atoms with Crippen molar-refractivity contribution in [2.24, 2.45) is 11.7 Å². The minimum absolute atomic E-state index is 0.391. The van der Waals surface area contributed by atoms with Gasteiger partial charge in [-0.2, -0.15) is 0 Å². The Balaban J connectivity index is 4.60. The van der Waals surface area contributed by atoms with Crippen molar-refractivity contribution in [1.82, 2.24) is 21.3 Å². The maximum atomic E-state index is 12.0. The summed E-state index contributed by atoms with van der Waals surface area (Å²) in [5.41, 5.74) is 5.09. The molecule has 16 heteroatoms. The minimum Gasteiger partial charge on any atom is -0.480 e.